The average molecular weight is 569 g/mol. The summed E-state index contributed by atoms with van der Waals surface area (Å²) in [6.07, 6.45) is 2.04. The van der Waals surface area contributed by atoms with Crippen molar-refractivity contribution in [2.45, 2.75) is 25.9 Å². The molecule has 10 heteroatoms. The summed E-state index contributed by atoms with van der Waals surface area (Å²) in [7, 11) is -3.22. The second-order valence-electron chi connectivity index (χ2n) is 7.18. The van der Waals surface area contributed by atoms with E-state index in [-0.39, 0.29) is 42.4 Å². The van der Waals surface area contributed by atoms with Crippen LogP contribution in [0.15, 0.2) is 35.3 Å². The van der Waals surface area contributed by atoms with Crippen LogP contribution in [0.3, 0.4) is 0 Å². The predicted molar refractivity (Wildman–Crippen MR) is 136 cm³/mol. The third-order valence-corrected chi connectivity index (χ3v) is 7.89. The van der Waals surface area contributed by atoms with Crippen molar-refractivity contribution in [2.75, 3.05) is 56.5 Å². The van der Waals surface area contributed by atoms with Crippen LogP contribution < -0.4 is 10.1 Å². The number of piperidine rings is 1. The Morgan fingerprint density at radius 3 is 2.47 bits per heavy atom. The molecule has 2 aliphatic heterocycles. The van der Waals surface area contributed by atoms with Crippen molar-refractivity contribution in [1.29, 1.82) is 0 Å². The van der Waals surface area contributed by atoms with Crippen molar-refractivity contribution in [1.82, 2.24) is 14.5 Å². The molecule has 0 spiro atoms. The first-order valence-electron chi connectivity index (χ1n) is 10.4. The van der Waals surface area contributed by atoms with E-state index in [2.05, 4.69) is 15.2 Å². The Morgan fingerprint density at radius 1 is 1.17 bits per heavy atom. The number of likely N-dealkylation sites (tertiary alicyclic amines) is 1. The lowest BCUT2D eigenvalue weighted by Crippen LogP contribution is -2.47. The molecule has 7 nitrogen and oxygen atoms in total. The van der Waals surface area contributed by atoms with Gasteiger partial charge in [-0.25, -0.2) is 12.7 Å². The van der Waals surface area contributed by atoms with Gasteiger partial charge in [-0.3, -0.25) is 4.99 Å². The average Bonchev–Trinajstić information content (AvgIpc) is 2.75. The molecular formula is C20H33IN4O3S2. The molecule has 0 atom stereocenters. The first kappa shape index (κ1) is 25.5. The summed E-state index contributed by atoms with van der Waals surface area (Å²) < 4.78 is 32.7. The molecule has 0 amide bonds. The van der Waals surface area contributed by atoms with Crippen molar-refractivity contribution in [3.8, 4) is 5.75 Å². The number of para-hydroxylation sites is 1. The number of sulfonamides is 1. The van der Waals surface area contributed by atoms with Crippen LogP contribution in [0.4, 0.5) is 0 Å². The summed E-state index contributed by atoms with van der Waals surface area (Å²) in [4.78, 5) is 6.81. The van der Waals surface area contributed by atoms with Crippen LogP contribution in [0.2, 0.25) is 0 Å². The van der Waals surface area contributed by atoms with E-state index in [4.69, 9.17) is 4.74 Å². The maximum Gasteiger partial charge on any atom is 0.215 e. The van der Waals surface area contributed by atoms with Gasteiger partial charge in [0.25, 0.3) is 0 Å². The molecule has 1 aromatic carbocycles. The molecule has 2 saturated heterocycles. The van der Waals surface area contributed by atoms with E-state index in [1.807, 2.05) is 49.0 Å². The Kier molecular flexibility index (Phi) is 11.0. The molecule has 30 heavy (non-hydrogen) atoms. The second-order valence-corrected chi connectivity index (χ2v) is 10.5. The fourth-order valence-electron chi connectivity index (χ4n) is 3.52. The molecule has 2 heterocycles. The minimum atomic E-state index is -3.22. The van der Waals surface area contributed by atoms with Crippen LogP contribution >= 0.6 is 35.7 Å². The highest BCUT2D eigenvalue weighted by Gasteiger charge is 2.25. The standard InChI is InChI=1S/C20H32N4O3S2.HI/c1-2-21-20(22-10-17-29(25,26)24-13-15-28-16-14-24)23-11-8-19(9-12-23)27-18-6-4-3-5-7-18;/h3-7,19H,2,8-17H2,1H3,(H,21,22);1H. The minimum Gasteiger partial charge on any atom is -0.490 e. The van der Waals surface area contributed by atoms with E-state index < -0.39 is 10.0 Å². The fraction of sp³-hybridized carbons (Fsp3) is 0.650. The highest BCUT2D eigenvalue weighted by Crippen LogP contribution is 2.19. The van der Waals surface area contributed by atoms with Gasteiger partial charge in [-0.1, -0.05) is 18.2 Å². The van der Waals surface area contributed by atoms with Gasteiger partial charge < -0.3 is 15.0 Å². The molecule has 2 aliphatic rings. The third kappa shape index (κ3) is 7.76. The number of aliphatic imine (C=N–C) groups is 1. The number of nitrogens with zero attached hydrogens (tertiary/aromatic N) is 3. The second kappa shape index (κ2) is 13.0. The third-order valence-electron chi connectivity index (χ3n) is 5.10. The number of thioether (sulfide) groups is 1. The van der Waals surface area contributed by atoms with Crippen LogP contribution in [0.25, 0.3) is 0 Å². The summed E-state index contributed by atoms with van der Waals surface area (Å²) >= 11 is 1.81. The van der Waals surface area contributed by atoms with Gasteiger partial charge in [0.15, 0.2) is 5.96 Å². The molecule has 1 N–H and O–H groups in total. The smallest absolute Gasteiger partial charge is 0.215 e. The minimum absolute atomic E-state index is 0. The normalized spacial score (nSPS) is 19.2. The topological polar surface area (TPSA) is 74.2 Å². The number of nitrogens with one attached hydrogen (secondary N) is 1. The summed E-state index contributed by atoms with van der Waals surface area (Å²) in [5.74, 6) is 3.54. The Bertz CT molecular complexity index is 751. The lowest BCUT2D eigenvalue weighted by molar-refractivity contribution is 0.129. The SMILES string of the molecule is CCNC(=NCCS(=O)(=O)N1CCSCC1)N1CCC(Oc2ccccc2)CC1.I. The number of halogens is 1. The summed E-state index contributed by atoms with van der Waals surface area (Å²) in [6, 6.07) is 9.92. The van der Waals surface area contributed by atoms with E-state index in [0.717, 1.165) is 55.7 Å². The zero-order valence-corrected chi connectivity index (χ0v) is 21.5. The molecule has 0 aromatic heterocycles. The molecule has 0 radical (unpaired) electrons. The van der Waals surface area contributed by atoms with E-state index >= 15 is 0 Å². The monoisotopic (exact) mass is 568 g/mol. The molecule has 0 bridgehead atoms. The Balaban J connectivity index is 0.00000320. The zero-order valence-electron chi connectivity index (χ0n) is 17.5. The Labute approximate surface area is 202 Å². The van der Waals surface area contributed by atoms with Crippen LogP contribution in [0, 0.1) is 0 Å². The summed E-state index contributed by atoms with van der Waals surface area (Å²) in [5, 5.41) is 3.31. The van der Waals surface area contributed by atoms with E-state index in [9.17, 15) is 8.42 Å². The van der Waals surface area contributed by atoms with Gasteiger partial charge >= 0.3 is 0 Å². The summed E-state index contributed by atoms with van der Waals surface area (Å²) in [5.41, 5.74) is 0. The van der Waals surface area contributed by atoms with Crippen molar-refractivity contribution in [3.05, 3.63) is 30.3 Å². The van der Waals surface area contributed by atoms with Crippen molar-refractivity contribution >= 4 is 51.7 Å². The Morgan fingerprint density at radius 2 is 1.83 bits per heavy atom. The van der Waals surface area contributed by atoms with Gasteiger partial charge in [-0.05, 0) is 19.1 Å². The number of ether oxygens (including phenoxy) is 1. The van der Waals surface area contributed by atoms with Crippen molar-refractivity contribution < 1.29 is 13.2 Å². The van der Waals surface area contributed by atoms with Gasteiger partial charge in [0.1, 0.15) is 11.9 Å². The van der Waals surface area contributed by atoms with Gasteiger partial charge in [0, 0.05) is 57.1 Å². The lowest BCUT2D eigenvalue weighted by atomic mass is 10.1. The van der Waals surface area contributed by atoms with E-state index in [1.54, 1.807) is 4.31 Å². The van der Waals surface area contributed by atoms with Crippen LogP contribution in [0.1, 0.15) is 19.8 Å². The fourth-order valence-corrected chi connectivity index (χ4v) is 5.98. The number of guanidine groups is 1. The highest BCUT2D eigenvalue weighted by atomic mass is 127. The van der Waals surface area contributed by atoms with Crippen LogP contribution in [-0.2, 0) is 10.0 Å². The highest BCUT2D eigenvalue weighted by molar-refractivity contribution is 14.0. The predicted octanol–water partition coefficient (Wildman–Crippen LogP) is 2.49. The molecule has 0 saturated carbocycles. The number of hydrogen-bond acceptors (Lipinski definition) is 5. The Hall–Kier alpha value is -0.720. The lowest BCUT2D eigenvalue weighted by Gasteiger charge is -2.34. The van der Waals surface area contributed by atoms with Gasteiger partial charge in [0.05, 0.1) is 12.3 Å². The van der Waals surface area contributed by atoms with Gasteiger partial charge in [0.2, 0.25) is 10.0 Å². The van der Waals surface area contributed by atoms with Crippen molar-refractivity contribution in [2.24, 2.45) is 4.99 Å². The van der Waals surface area contributed by atoms with Crippen LogP contribution in [-0.4, -0.2) is 86.2 Å². The molecular weight excluding hydrogens is 535 g/mol. The summed E-state index contributed by atoms with van der Waals surface area (Å²) in [6.45, 7) is 6.00. The molecule has 0 aliphatic carbocycles. The zero-order chi connectivity index (χ0) is 20.5. The van der Waals surface area contributed by atoms with E-state index in [1.165, 1.54) is 0 Å². The first-order chi connectivity index (χ1) is 14.1. The molecule has 1 aromatic rings. The van der Waals surface area contributed by atoms with Crippen molar-refractivity contribution in [3.63, 3.8) is 0 Å². The molecule has 0 unspecified atom stereocenters. The van der Waals surface area contributed by atoms with Crippen LogP contribution in [0.5, 0.6) is 5.75 Å². The first-order valence-corrected chi connectivity index (χ1v) is 13.2. The molecule has 2 fully saturated rings. The maximum atomic E-state index is 12.5. The van der Waals surface area contributed by atoms with Gasteiger partial charge in [-0.2, -0.15) is 11.8 Å². The largest absolute Gasteiger partial charge is 0.490 e. The quantitative estimate of drug-likeness (QED) is 0.310. The molecule has 3 rings (SSSR count). The van der Waals surface area contributed by atoms with Gasteiger partial charge in [-0.15, -0.1) is 24.0 Å². The molecule has 170 valence electrons. The number of hydrogen-bond donors (Lipinski definition) is 1. The number of benzene rings is 1. The maximum absolute atomic E-state index is 12.5. The van der Waals surface area contributed by atoms with E-state index in [0.29, 0.717) is 13.1 Å². The number of rotatable bonds is 7.